The van der Waals surface area contributed by atoms with Crippen molar-refractivity contribution in [2.45, 2.75) is 5.92 Å². The van der Waals surface area contributed by atoms with Crippen LogP contribution in [0.4, 0.5) is 0 Å². The van der Waals surface area contributed by atoms with Crippen LogP contribution >= 0.6 is 23.2 Å². The molecule has 0 saturated heterocycles. The Bertz CT molecular complexity index is 1460. The molecule has 0 amide bonds. The maximum atomic E-state index is 12.4. The zero-order valence-electron chi connectivity index (χ0n) is 20.2. The molecule has 0 aliphatic carbocycles. The van der Waals surface area contributed by atoms with Gasteiger partial charge in [-0.3, -0.25) is 0 Å². The van der Waals surface area contributed by atoms with Crippen molar-refractivity contribution in [2.75, 3.05) is 20.3 Å². The highest BCUT2D eigenvalue weighted by Gasteiger charge is 2.31. The first kappa shape index (κ1) is 26.7. The molecule has 4 rings (SSSR count). The zero-order chi connectivity index (χ0) is 27.2. The van der Waals surface area contributed by atoms with Gasteiger partial charge in [0, 0.05) is 16.7 Å². The topological polar surface area (TPSA) is 113 Å². The normalized spacial score (nSPS) is 14.0. The first-order chi connectivity index (χ1) is 18.3. The summed E-state index contributed by atoms with van der Waals surface area (Å²) >= 11 is 11.9. The molecule has 8 nitrogen and oxygen atoms in total. The summed E-state index contributed by atoms with van der Waals surface area (Å²) in [5, 5.41) is 10.6. The number of nitriles is 1. The van der Waals surface area contributed by atoms with E-state index in [1.54, 1.807) is 42.5 Å². The van der Waals surface area contributed by atoms with Crippen LogP contribution in [0.1, 0.15) is 17.0 Å². The van der Waals surface area contributed by atoms with E-state index in [1.165, 1.54) is 19.2 Å². The molecule has 3 aromatic carbocycles. The van der Waals surface area contributed by atoms with Gasteiger partial charge < -0.3 is 29.4 Å². The molecule has 1 unspecified atom stereocenters. The van der Waals surface area contributed by atoms with Gasteiger partial charge in [0.15, 0.2) is 18.1 Å². The fourth-order valence-corrected chi connectivity index (χ4v) is 4.33. The molecule has 194 valence electrons. The average molecular weight is 553 g/mol. The number of nitrogens with two attached hydrogens (primary N) is 1. The van der Waals surface area contributed by atoms with E-state index in [0.717, 1.165) is 5.56 Å². The average Bonchev–Trinajstić information content (AvgIpc) is 2.90. The predicted molar refractivity (Wildman–Crippen MR) is 142 cm³/mol. The quantitative estimate of drug-likeness (QED) is 0.202. The number of fused-ring (bicyclic) bond motifs is 1. The van der Waals surface area contributed by atoms with E-state index in [4.69, 9.17) is 52.6 Å². The summed E-state index contributed by atoms with van der Waals surface area (Å²) in [5.41, 5.74) is 7.72. The van der Waals surface area contributed by atoms with E-state index in [1.807, 2.05) is 6.07 Å². The van der Waals surface area contributed by atoms with Gasteiger partial charge in [-0.25, -0.2) is 4.79 Å². The fourth-order valence-electron chi connectivity index (χ4n) is 3.86. The maximum Gasteiger partial charge on any atom is 0.349 e. The Hall–Kier alpha value is -4.32. The third-order valence-electron chi connectivity index (χ3n) is 5.54. The van der Waals surface area contributed by atoms with Crippen LogP contribution in [0.2, 0.25) is 10.0 Å². The Morgan fingerprint density at radius 1 is 1.11 bits per heavy atom. The highest BCUT2D eigenvalue weighted by Crippen LogP contribution is 2.45. The Balaban J connectivity index is 1.57. The molecule has 1 heterocycles. The first-order valence-corrected chi connectivity index (χ1v) is 12.0. The van der Waals surface area contributed by atoms with Gasteiger partial charge in [-0.15, -0.1) is 0 Å². The lowest BCUT2D eigenvalue weighted by atomic mass is 9.83. The molecule has 0 fully saturated rings. The van der Waals surface area contributed by atoms with E-state index in [0.29, 0.717) is 40.2 Å². The summed E-state index contributed by atoms with van der Waals surface area (Å²) in [6.07, 6.45) is 1.63. The van der Waals surface area contributed by atoms with Crippen molar-refractivity contribution >= 4 is 29.2 Å². The van der Waals surface area contributed by atoms with Gasteiger partial charge >= 0.3 is 5.97 Å². The van der Waals surface area contributed by atoms with Crippen molar-refractivity contribution in [3.63, 3.8) is 0 Å². The minimum absolute atomic E-state index is 0.0554. The smallest absolute Gasteiger partial charge is 0.349 e. The Kier molecular flexibility index (Phi) is 8.31. The Morgan fingerprint density at radius 3 is 2.61 bits per heavy atom. The van der Waals surface area contributed by atoms with Crippen molar-refractivity contribution < 1.29 is 28.5 Å². The second-order valence-electron chi connectivity index (χ2n) is 7.97. The molecule has 2 N–H and O–H groups in total. The van der Waals surface area contributed by atoms with Gasteiger partial charge in [-0.1, -0.05) is 48.0 Å². The van der Waals surface area contributed by atoms with Crippen molar-refractivity contribution in [3.8, 4) is 34.8 Å². The lowest BCUT2D eigenvalue weighted by Crippen LogP contribution is -2.22. The second-order valence-corrected chi connectivity index (χ2v) is 8.82. The lowest BCUT2D eigenvalue weighted by molar-refractivity contribution is -0.136. The molecular formula is C28H22Cl2N2O6. The summed E-state index contributed by atoms with van der Waals surface area (Å²) in [6.45, 7) is 3.57. The summed E-state index contributed by atoms with van der Waals surface area (Å²) < 4.78 is 27.7. The molecule has 0 aromatic heterocycles. The Labute approximate surface area is 229 Å². The third kappa shape index (κ3) is 5.80. The monoisotopic (exact) mass is 552 g/mol. The van der Waals surface area contributed by atoms with Gasteiger partial charge in [0.1, 0.15) is 35.5 Å². The number of benzene rings is 3. The number of esters is 1. The van der Waals surface area contributed by atoms with Crippen molar-refractivity contribution in [2.24, 2.45) is 5.73 Å². The van der Waals surface area contributed by atoms with E-state index in [9.17, 15) is 10.1 Å². The molecule has 1 atom stereocenters. The number of carbonyl (C=O) groups is 1. The van der Waals surface area contributed by atoms with Crippen LogP contribution in [0.25, 0.3) is 0 Å². The number of nitrogens with zero attached hydrogens (tertiary/aromatic N) is 1. The minimum atomic E-state index is -0.663. The maximum absolute atomic E-state index is 12.4. The highest BCUT2D eigenvalue weighted by atomic mass is 35.5. The zero-order valence-corrected chi connectivity index (χ0v) is 21.7. The molecular weight excluding hydrogens is 531 g/mol. The number of methoxy groups -OCH3 is 1. The number of carbonyl (C=O) groups excluding carboxylic acids is 1. The van der Waals surface area contributed by atoms with E-state index >= 15 is 0 Å². The number of allylic oxidation sites excluding steroid dienone is 1. The van der Waals surface area contributed by atoms with Crippen molar-refractivity contribution in [1.29, 1.82) is 5.26 Å². The summed E-state index contributed by atoms with van der Waals surface area (Å²) in [6, 6.07) is 17.0. The van der Waals surface area contributed by atoms with Gasteiger partial charge in [0.25, 0.3) is 0 Å². The van der Waals surface area contributed by atoms with E-state index in [2.05, 4.69) is 12.6 Å². The first-order valence-electron chi connectivity index (χ1n) is 11.3. The molecule has 0 saturated carbocycles. The van der Waals surface area contributed by atoms with Crippen LogP contribution in [0.15, 0.2) is 78.7 Å². The Morgan fingerprint density at radius 2 is 1.89 bits per heavy atom. The SMILES string of the molecule is C=CCOc1ccc(C2C(C#N)=C(N)Oc3cc(OC(=O)COc4ccc(Cl)cc4Cl)ccc32)cc1OC. The van der Waals surface area contributed by atoms with E-state index < -0.39 is 11.9 Å². The predicted octanol–water partition coefficient (Wildman–Crippen LogP) is 5.77. The number of hydrogen-bond acceptors (Lipinski definition) is 8. The fraction of sp³-hybridized carbons (Fsp3) is 0.143. The molecule has 1 aliphatic rings. The number of halogens is 2. The van der Waals surface area contributed by atoms with Gasteiger partial charge in [0.2, 0.25) is 5.88 Å². The highest BCUT2D eigenvalue weighted by molar-refractivity contribution is 6.35. The van der Waals surface area contributed by atoms with Gasteiger partial charge in [-0.2, -0.15) is 5.26 Å². The van der Waals surface area contributed by atoms with E-state index in [-0.39, 0.29) is 28.8 Å². The van der Waals surface area contributed by atoms with Gasteiger partial charge in [-0.05, 0) is 42.0 Å². The molecule has 38 heavy (non-hydrogen) atoms. The standard InChI is InChI=1S/C28H22Cl2N2O6/c1-3-10-35-23-8-4-16(11-25(23)34-2)27-19-7-6-18(13-24(19)38-28(32)20(27)14-31)37-26(33)15-36-22-9-5-17(29)12-21(22)30/h3-9,11-13,27H,1,10,15,32H2,2H3. The number of hydrogen-bond donors (Lipinski definition) is 1. The largest absolute Gasteiger partial charge is 0.493 e. The van der Waals surface area contributed by atoms with Crippen LogP contribution in [0.5, 0.6) is 28.7 Å². The summed E-state index contributed by atoms with van der Waals surface area (Å²) in [4.78, 5) is 12.4. The van der Waals surface area contributed by atoms with Crippen LogP contribution in [0, 0.1) is 11.3 Å². The lowest BCUT2D eigenvalue weighted by Gasteiger charge is -2.27. The second kappa shape index (κ2) is 11.8. The van der Waals surface area contributed by atoms with Crippen LogP contribution in [-0.4, -0.2) is 26.3 Å². The molecule has 0 bridgehead atoms. The molecule has 1 aliphatic heterocycles. The summed E-state index contributed by atoms with van der Waals surface area (Å²) in [7, 11) is 1.53. The molecule has 0 radical (unpaired) electrons. The molecule has 0 spiro atoms. The van der Waals surface area contributed by atoms with Crippen LogP contribution in [0.3, 0.4) is 0 Å². The number of ether oxygens (including phenoxy) is 5. The van der Waals surface area contributed by atoms with Crippen molar-refractivity contribution in [1.82, 2.24) is 0 Å². The molecule has 10 heteroatoms. The number of rotatable bonds is 9. The van der Waals surface area contributed by atoms with Crippen LogP contribution < -0.4 is 29.4 Å². The van der Waals surface area contributed by atoms with Crippen molar-refractivity contribution in [3.05, 3.63) is 99.9 Å². The van der Waals surface area contributed by atoms with Gasteiger partial charge in [0.05, 0.1) is 18.1 Å². The third-order valence-corrected chi connectivity index (χ3v) is 6.07. The van der Waals surface area contributed by atoms with Crippen LogP contribution in [-0.2, 0) is 4.79 Å². The summed E-state index contributed by atoms with van der Waals surface area (Å²) in [5.74, 6) is 0.586. The minimum Gasteiger partial charge on any atom is -0.493 e. The molecule has 3 aromatic rings.